The lowest BCUT2D eigenvalue weighted by Gasteiger charge is -2.21. The maximum absolute atomic E-state index is 12.1. The van der Waals surface area contributed by atoms with Gasteiger partial charge in [0.25, 0.3) is 6.43 Å². The number of carbonyl (C=O) groups excluding carboxylic acids is 1. The van der Waals surface area contributed by atoms with Gasteiger partial charge in [-0.15, -0.1) is 0 Å². The number of amides is 1. The van der Waals surface area contributed by atoms with Crippen molar-refractivity contribution in [2.45, 2.75) is 6.43 Å². The summed E-state index contributed by atoms with van der Waals surface area (Å²) in [6.45, 7) is 0.0412. The summed E-state index contributed by atoms with van der Waals surface area (Å²) in [5, 5.41) is 0. The van der Waals surface area contributed by atoms with E-state index in [0.29, 0.717) is 6.61 Å². The second-order valence-corrected chi connectivity index (χ2v) is 3.06. The Labute approximate surface area is 93.5 Å². The molecule has 96 valence electrons. The summed E-state index contributed by atoms with van der Waals surface area (Å²) in [4.78, 5) is 12.4. The molecule has 0 aliphatic carbocycles. The Hall–Kier alpha value is -0.790. The van der Waals surface area contributed by atoms with E-state index in [1.165, 1.54) is 7.11 Å². The quantitative estimate of drug-likeness (QED) is 0.562. The highest BCUT2D eigenvalue weighted by atomic mass is 19.3. The number of hydrogen-bond donors (Lipinski definition) is 1. The normalized spacial score (nSPS) is 10.8. The van der Waals surface area contributed by atoms with Crippen molar-refractivity contribution in [1.29, 1.82) is 0 Å². The molecule has 0 aromatic carbocycles. The zero-order valence-electron chi connectivity index (χ0n) is 9.33. The van der Waals surface area contributed by atoms with Crippen LogP contribution in [-0.4, -0.2) is 63.8 Å². The molecule has 1 amide bonds. The molecule has 0 aromatic heterocycles. The van der Waals surface area contributed by atoms with Crippen molar-refractivity contribution in [2.75, 3.05) is 46.6 Å². The van der Waals surface area contributed by atoms with Crippen LogP contribution in [0.4, 0.5) is 8.78 Å². The van der Waals surface area contributed by atoms with Gasteiger partial charge in [0.1, 0.15) is 6.61 Å². The number of rotatable bonds is 9. The summed E-state index contributed by atoms with van der Waals surface area (Å²) in [7, 11) is 1.50. The molecule has 0 bridgehead atoms. The highest BCUT2D eigenvalue weighted by Gasteiger charge is 2.17. The number of carbonyl (C=O) groups is 1. The lowest BCUT2D eigenvalue weighted by atomic mass is 10.4. The van der Waals surface area contributed by atoms with E-state index in [-0.39, 0.29) is 26.3 Å². The van der Waals surface area contributed by atoms with Gasteiger partial charge in [0.15, 0.2) is 0 Å². The number of hydrogen-bond acceptors (Lipinski definition) is 4. The Kier molecular flexibility index (Phi) is 8.97. The number of methoxy groups -OCH3 is 1. The molecule has 16 heavy (non-hydrogen) atoms. The minimum Gasteiger partial charge on any atom is -0.382 e. The maximum Gasteiger partial charge on any atom is 0.255 e. The van der Waals surface area contributed by atoms with E-state index in [2.05, 4.69) is 0 Å². The molecule has 0 spiro atoms. The first-order valence-corrected chi connectivity index (χ1v) is 4.94. The van der Waals surface area contributed by atoms with E-state index in [1.807, 2.05) is 0 Å². The predicted octanol–water partition coefficient (Wildman–Crippen LogP) is -0.298. The number of ether oxygens (including phenoxy) is 2. The van der Waals surface area contributed by atoms with Gasteiger partial charge in [-0.2, -0.15) is 0 Å². The van der Waals surface area contributed by atoms with Crippen LogP contribution in [0.25, 0.3) is 0 Å². The molecule has 0 atom stereocenters. The van der Waals surface area contributed by atoms with Gasteiger partial charge < -0.3 is 20.1 Å². The molecule has 0 saturated carbocycles. The maximum atomic E-state index is 12.1. The molecule has 7 heteroatoms. The molecule has 0 aliphatic rings. The lowest BCUT2D eigenvalue weighted by molar-refractivity contribution is -0.138. The van der Waals surface area contributed by atoms with E-state index >= 15 is 0 Å². The Morgan fingerprint density at radius 1 is 1.44 bits per heavy atom. The van der Waals surface area contributed by atoms with Crippen LogP contribution in [0, 0.1) is 0 Å². The highest BCUT2D eigenvalue weighted by Crippen LogP contribution is 1.99. The molecular formula is C9H18F2N2O3. The third-order valence-corrected chi connectivity index (χ3v) is 1.77. The van der Waals surface area contributed by atoms with E-state index in [9.17, 15) is 13.6 Å². The van der Waals surface area contributed by atoms with Crippen LogP contribution in [0.3, 0.4) is 0 Å². The molecule has 0 aromatic rings. The van der Waals surface area contributed by atoms with E-state index in [4.69, 9.17) is 15.2 Å². The molecule has 0 saturated heterocycles. The van der Waals surface area contributed by atoms with Crippen molar-refractivity contribution in [2.24, 2.45) is 5.73 Å². The van der Waals surface area contributed by atoms with E-state index in [1.54, 1.807) is 0 Å². The summed E-state index contributed by atoms with van der Waals surface area (Å²) in [5.41, 5.74) is 5.22. The van der Waals surface area contributed by atoms with Gasteiger partial charge in [-0.3, -0.25) is 4.79 Å². The fraction of sp³-hybridized carbons (Fsp3) is 0.889. The van der Waals surface area contributed by atoms with E-state index < -0.39 is 18.9 Å². The van der Waals surface area contributed by atoms with Gasteiger partial charge in [0.05, 0.1) is 19.8 Å². The average Bonchev–Trinajstić information content (AvgIpc) is 2.23. The predicted molar refractivity (Wildman–Crippen MR) is 54.3 cm³/mol. The largest absolute Gasteiger partial charge is 0.382 e. The van der Waals surface area contributed by atoms with Crippen LogP contribution in [0.1, 0.15) is 0 Å². The van der Waals surface area contributed by atoms with Gasteiger partial charge in [-0.1, -0.05) is 0 Å². The summed E-state index contributed by atoms with van der Waals surface area (Å²) < 4.78 is 33.9. The number of nitrogens with two attached hydrogens (primary N) is 1. The molecule has 0 radical (unpaired) electrons. The van der Waals surface area contributed by atoms with Crippen LogP contribution < -0.4 is 5.73 Å². The van der Waals surface area contributed by atoms with Gasteiger partial charge in [-0.25, -0.2) is 8.78 Å². The van der Waals surface area contributed by atoms with Crippen molar-refractivity contribution in [3.05, 3.63) is 0 Å². The van der Waals surface area contributed by atoms with E-state index in [0.717, 1.165) is 4.90 Å². The first kappa shape index (κ1) is 15.2. The third kappa shape index (κ3) is 7.49. The van der Waals surface area contributed by atoms with Gasteiger partial charge >= 0.3 is 0 Å². The Bertz CT molecular complexity index is 194. The van der Waals surface area contributed by atoms with Crippen LogP contribution in [0.5, 0.6) is 0 Å². The van der Waals surface area contributed by atoms with Crippen molar-refractivity contribution >= 4 is 5.91 Å². The molecule has 0 rings (SSSR count). The summed E-state index contributed by atoms with van der Waals surface area (Å²) in [6.07, 6.45) is -2.56. The summed E-state index contributed by atoms with van der Waals surface area (Å²) >= 11 is 0. The second kappa shape index (κ2) is 9.44. The standard InChI is InChI=1S/C9H18F2N2O3/c1-15-4-5-16-7-9(14)13(3-2-12)6-8(10)11/h8H,2-7,12H2,1H3. The van der Waals surface area contributed by atoms with Crippen LogP contribution >= 0.6 is 0 Å². The summed E-state index contributed by atoms with van der Waals surface area (Å²) in [6, 6.07) is 0. The monoisotopic (exact) mass is 240 g/mol. The number of nitrogens with zero attached hydrogens (tertiary/aromatic N) is 1. The van der Waals surface area contributed by atoms with Crippen molar-refractivity contribution in [3.63, 3.8) is 0 Å². The first-order chi connectivity index (χ1) is 7.61. The minimum absolute atomic E-state index is 0.108. The van der Waals surface area contributed by atoms with Crippen LogP contribution in [0.15, 0.2) is 0 Å². The molecule has 2 N–H and O–H groups in total. The zero-order chi connectivity index (χ0) is 12.4. The summed E-state index contributed by atoms with van der Waals surface area (Å²) in [5.74, 6) is -0.484. The third-order valence-electron chi connectivity index (χ3n) is 1.77. The molecule has 0 unspecified atom stereocenters. The highest BCUT2D eigenvalue weighted by molar-refractivity contribution is 5.77. The lowest BCUT2D eigenvalue weighted by Crippen LogP contribution is -2.40. The number of alkyl halides is 2. The molecule has 0 fully saturated rings. The van der Waals surface area contributed by atoms with Crippen molar-refractivity contribution in [3.8, 4) is 0 Å². The number of halogens is 2. The fourth-order valence-corrected chi connectivity index (χ4v) is 1.03. The van der Waals surface area contributed by atoms with Crippen molar-refractivity contribution in [1.82, 2.24) is 4.90 Å². The minimum atomic E-state index is -2.56. The molecular weight excluding hydrogens is 222 g/mol. The topological polar surface area (TPSA) is 64.8 Å². The Morgan fingerprint density at radius 2 is 2.12 bits per heavy atom. The van der Waals surface area contributed by atoms with Gasteiger partial charge in [-0.05, 0) is 0 Å². The van der Waals surface area contributed by atoms with Gasteiger partial charge in [0, 0.05) is 20.2 Å². The van der Waals surface area contributed by atoms with Crippen LogP contribution in [-0.2, 0) is 14.3 Å². The van der Waals surface area contributed by atoms with Crippen molar-refractivity contribution < 1.29 is 23.0 Å². The smallest absolute Gasteiger partial charge is 0.255 e. The molecule has 0 heterocycles. The molecule has 5 nitrogen and oxygen atoms in total. The zero-order valence-corrected chi connectivity index (χ0v) is 9.33. The van der Waals surface area contributed by atoms with Crippen LogP contribution in [0.2, 0.25) is 0 Å². The Balaban J connectivity index is 3.87. The SMILES string of the molecule is COCCOCC(=O)N(CCN)CC(F)F. The Morgan fingerprint density at radius 3 is 2.62 bits per heavy atom. The second-order valence-electron chi connectivity index (χ2n) is 3.06. The molecule has 0 aliphatic heterocycles. The average molecular weight is 240 g/mol. The van der Waals surface area contributed by atoms with Gasteiger partial charge in [0.2, 0.25) is 5.91 Å². The fourth-order valence-electron chi connectivity index (χ4n) is 1.03. The first-order valence-electron chi connectivity index (χ1n) is 4.94.